The minimum absolute atomic E-state index is 0.00161. The van der Waals surface area contributed by atoms with Crippen LogP contribution in [0.15, 0.2) is 34.5 Å². The van der Waals surface area contributed by atoms with Crippen molar-refractivity contribution < 1.29 is 17.9 Å². The third kappa shape index (κ3) is 4.89. The van der Waals surface area contributed by atoms with Gasteiger partial charge in [0, 0.05) is 25.6 Å². The smallest absolute Gasteiger partial charge is 0.252 e. The predicted octanol–water partition coefficient (Wildman–Crippen LogP) is 4.93. The molecule has 1 atom stereocenters. The standard InChI is InChI=1S/C23H26ClN3O4S3/c1-15-4-5-18-19(13-15)32-23(25-18)27(14-17-3-2-12-31-17)22(28)16-8-10-26(11-9-16)34(29,30)21-7-6-20(24)33-21/h4-7,13,16-17H,2-3,8-12,14H2,1H3. The number of thiophene rings is 1. The predicted molar refractivity (Wildman–Crippen MR) is 136 cm³/mol. The summed E-state index contributed by atoms with van der Waals surface area (Å²) in [4.78, 5) is 20.3. The average molecular weight is 540 g/mol. The zero-order chi connectivity index (χ0) is 23.9. The number of thiazole rings is 1. The molecule has 0 bridgehead atoms. The molecule has 2 aliphatic rings. The third-order valence-corrected chi connectivity index (χ3v) is 11.0. The fourth-order valence-corrected chi connectivity index (χ4v) is 8.70. The maximum Gasteiger partial charge on any atom is 0.252 e. The summed E-state index contributed by atoms with van der Waals surface area (Å²) in [6, 6.07) is 9.23. The molecule has 5 rings (SSSR count). The van der Waals surface area contributed by atoms with E-state index < -0.39 is 10.0 Å². The van der Waals surface area contributed by atoms with Crippen LogP contribution in [0.4, 0.5) is 5.13 Å². The SMILES string of the molecule is Cc1ccc2nc(N(CC3CCCO3)C(=O)C3CCN(S(=O)(=O)c4ccc(Cl)s4)CC3)sc2c1. The lowest BCUT2D eigenvalue weighted by molar-refractivity contribution is -0.123. The Labute approximate surface area is 212 Å². The Kier molecular flexibility index (Phi) is 6.98. The lowest BCUT2D eigenvalue weighted by atomic mass is 9.96. The van der Waals surface area contributed by atoms with Gasteiger partial charge in [0.1, 0.15) is 4.21 Å². The highest BCUT2D eigenvalue weighted by Gasteiger charge is 2.36. The molecule has 0 N–H and O–H groups in total. The number of carbonyl (C=O) groups is 1. The van der Waals surface area contributed by atoms with Crippen molar-refractivity contribution >= 4 is 65.6 Å². The molecule has 2 aliphatic heterocycles. The second-order valence-corrected chi connectivity index (χ2v) is 13.7. The first-order chi connectivity index (χ1) is 16.3. The highest BCUT2D eigenvalue weighted by molar-refractivity contribution is 7.91. The summed E-state index contributed by atoms with van der Waals surface area (Å²) in [6.45, 7) is 3.85. The minimum atomic E-state index is -3.59. The van der Waals surface area contributed by atoms with E-state index in [4.69, 9.17) is 21.3 Å². The van der Waals surface area contributed by atoms with Gasteiger partial charge in [0.05, 0.1) is 27.2 Å². The molecule has 2 saturated heterocycles. The summed E-state index contributed by atoms with van der Waals surface area (Å²) in [6.07, 6.45) is 2.87. The van der Waals surface area contributed by atoms with E-state index >= 15 is 0 Å². The number of hydrogen-bond donors (Lipinski definition) is 0. The van der Waals surface area contributed by atoms with Crippen LogP contribution >= 0.6 is 34.3 Å². The number of sulfonamides is 1. The van der Waals surface area contributed by atoms with Gasteiger partial charge in [0.2, 0.25) is 5.91 Å². The molecule has 0 aliphatic carbocycles. The Bertz CT molecular complexity index is 1290. The number of rotatable bonds is 6. The maximum absolute atomic E-state index is 13.7. The van der Waals surface area contributed by atoms with Gasteiger partial charge in [-0.1, -0.05) is 29.0 Å². The van der Waals surface area contributed by atoms with E-state index in [9.17, 15) is 13.2 Å². The Morgan fingerprint density at radius 2 is 2.00 bits per heavy atom. The fraction of sp³-hybridized carbons (Fsp3) is 0.478. The quantitative estimate of drug-likeness (QED) is 0.443. The van der Waals surface area contributed by atoms with Gasteiger partial charge >= 0.3 is 0 Å². The van der Waals surface area contributed by atoms with Crippen LogP contribution in [0.3, 0.4) is 0 Å². The molecule has 34 heavy (non-hydrogen) atoms. The second kappa shape index (κ2) is 9.83. The summed E-state index contributed by atoms with van der Waals surface area (Å²) >= 11 is 8.52. The Morgan fingerprint density at radius 1 is 1.21 bits per heavy atom. The average Bonchev–Trinajstić information content (AvgIpc) is 3.58. The molecule has 1 amide bonds. The monoisotopic (exact) mass is 539 g/mol. The van der Waals surface area contributed by atoms with E-state index in [1.807, 2.05) is 19.1 Å². The van der Waals surface area contributed by atoms with Crippen LogP contribution in [0.1, 0.15) is 31.2 Å². The topological polar surface area (TPSA) is 79.8 Å². The number of halogens is 1. The maximum atomic E-state index is 13.7. The lowest BCUT2D eigenvalue weighted by Gasteiger charge is -2.33. The number of carbonyl (C=O) groups excluding carboxylic acids is 1. The van der Waals surface area contributed by atoms with Crippen LogP contribution in [0.25, 0.3) is 10.2 Å². The first-order valence-corrected chi connectivity index (χ1v) is 14.8. The summed E-state index contributed by atoms with van der Waals surface area (Å²) < 4.78 is 34.9. The molecule has 0 spiro atoms. The number of fused-ring (bicyclic) bond motifs is 1. The molecule has 2 aromatic heterocycles. The molecule has 0 radical (unpaired) electrons. The lowest BCUT2D eigenvalue weighted by Crippen LogP contribution is -2.46. The van der Waals surface area contributed by atoms with Gasteiger partial charge in [0.25, 0.3) is 10.0 Å². The Morgan fingerprint density at radius 3 is 2.68 bits per heavy atom. The molecule has 7 nitrogen and oxygen atoms in total. The van der Waals surface area contributed by atoms with Gasteiger partial charge in [-0.15, -0.1) is 11.3 Å². The van der Waals surface area contributed by atoms with Crippen molar-refractivity contribution in [3.8, 4) is 0 Å². The second-order valence-electron chi connectivity index (χ2n) is 8.79. The molecule has 3 aromatic rings. The Hall–Kier alpha value is -1.56. The normalized spacial score (nSPS) is 20.2. The van der Waals surface area contributed by atoms with Crippen molar-refractivity contribution in [3.05, 3.63) is 40.2 Å². The van der Waals surface area contributed by atoms with Gasteiger partial charge in [-0.3, -0.25) is 9.69 Å². The number of hydrogen-bond acceptors (Lipinski definition) is 7. The van der Waals surface area contributed by atoms with Crippen LogP contribution in [0, 0.1) is 12.8 Å². The molecule has 1 aromatic carbocycles. The number of nitrogens with zero attached hydrogens (tertiary/aromatic N) is 3. The number of aryl methyl sites for hydroxylation is 1. The summed E-state index contributed by atoms with van der Waals surface area (Å²) in [5, 5.41) is 0.685. The number of anilines is 1. The number of amides is 1. The van der Waals surface area contributed by atoms with E-state index in [0.717, 1.165) is 40.0 Å². The van der Waals surface area contributed by atoms with Gasteiger partial charge in [-0.2, -0.15) is 4.31 Å². The fourth-order valence-electron chi connectivity index (χ4n) is 4.52. The third-order valence-electron chi connectivity index (χ3n) is 6.39. The van der Waals surface area contributed by atoms with E-state index in [1.54, 1.807) is 11.0 Å². The van der Waals surface area contributed by atoms with E-state index in [1.165, 1.54) is 21.7 Å². The largest absolute Gasteiger partial charge is 0.376 e. The first-order valence-electron chi connectivity index (χ1n) is 11.4. The first kappa shape index (κ1) is 24.1. The molecular formula is C23H26ClN3O4S3. The van der Waals surface area contributed by atoms with Crippen molar-refractivity contribution in [3.63, 3.8) is 0 Å². The highest BCUT2D eigenvalue weighted by Crippen LogP contribution is 2.34. The summed E-state index contributed by atoms with van der Waals surface area (Å²) in [5.41, 5.74) is 2.03. The molecular weight excluding hydrogens is 514 g/mol. The number of piperidine rings is 1. The van der Waals surface area contributed by atoms with Crippen molar-refractivity contribution in [2.24, 2.45) is 5.92 Å². The number of ether oxygens (including phenoxy) is 1. The van der Waals surface area contributed by atoms with E-state index in [-0.39, 0.29) is 22.1 Å². The Balaban J connectivity index is 1.34. The molecule has 182 valence electrons. The van der Waals surface area contributed by atoms with Crippen LogP contribution in [0.5, 0.6) is 0 Å². The van der Waals surface area contributed by atoms with Crippen LogP contribution < -0.4 is 4.90 Å². The highest BCUT2D eigenvalue weighted by atomic mass is 35.5. The van der Waals surface area contributed by atoms with Gasteiger partial charge < -0.3 is 4.74 Å². The van der Waals surface area contributed by atoms with Crippen LogP contribution in [-0.2, 0) is 19.6 Å². The number of aromatic nitrogens is 1. The van der Waals surface area contributed by atoms with E-state index in [2.05, 4.69) is 6.07 Å². The molecule has 1 unspecified atom stereocenters. The van der Waals surface area contributed by atoms with Crippen molar-refractivity contribution in [1.82, 2.24) is 9.29 Å². The molecule has 2 fully saturated rings. The van der Waals surface area contributed by atoms with Gasteiger partial charge in [-0.05, 0) is 62.4 Å². The van der Waals surface area contributed by atoms with Crippen molar-refractivity contribution in [2.45, 2.75) is 42.9 Å². The van der Waals surface area contributed by atoms with Gasteiger partial charge in [0.15, 0.2) is 5.13 Å². The zero-order valence-electron chi connectivity index (χ0n) is 18.8. The summed E-state index contributed by atoms with van der Waals surface area (Å²) in [5.74, 6) is -0.254. The number of benzene rings is 1. The van der Waals surface area contributed by atoms with Gasteiger partial charge in [-0.25, -0.2) is 13.4 Å². The molecule has 0 saturated carbocycles. The zero-order valence-corrected chi connectivity index (χ0v) is 22.0. The van der Waals surface area contributed by atoms with Crippen molar-refractivity contribution in [2.75, 3.05) is 31.1 Å². The van der Waals surface area contributed by atoms with Crippen LogP contribution in [-0.4, -0.2) is 56.0 Å². The van der Waals surface area contributed by atoms with Crippen molar-refractivity contribution in [1.29, 1.82) is 0 Å². The summed E-state index contributed by atoms with van der Waals surface area (Å²) in [7, 11) is -3.59. The molecule has 4 heterocycles. The minimum Gasteiger partial charge on any atom is -0.376 e. The van der Waals surface area contributed by atoms with E-state index in [0.29, 0.717) is 48.6 Å². The van der Waals surface area contributed by atoms with Crippen LogP contribution in [0.2, 0.25) is 4.34 Å². The molecule has 11 heteroatoms.